The summed E-state index contributed by atoms with van der Waals surface area (Å²) in [4.78, 5) is 5.14. The molecule has 8 aromatic carbocycles. The van der Waals surface area contributed by atoms with Crippen LogP contribution in [0.15, 0.2) is 216 Å². The summed E-state index contributed by atoms with van der Waals surface area (Å²) in [6, 6.07) is 68.0. The van der Waals surface area contributed by atoms with Crippen LogP contribution in [-0.2, 0) is 0 Å². The first-order chi connectivity index (χ1) is 27.7. The standard InChI is InChI=1S/C53H36N2O/c1-36(37-17-4-2-5-18-37)33-49(38-19-6-3-7-20-38)54-35-55-50-29-14-12-25-44(50)48-34-39(31-32-51(48)55)40-21-8-9-22-41(40)42-23-10-11-24-43(42)46-27-16-28-47-45-26-13-15-30-52(45)56-53(46)47/h2-35H,1H2/b49-33-,54-35+. The first-order valence-electron chi connectivity index (χ1n) is 18.9. The molecule has 0 unspecified atom stereocenters. The Morgan fingerprint density at radius 3 is 1.79 bits per heavy atom. The van der Waals surface area contributed by atoms with Crippen LogP contribution in [0.25, 0.3) is 88.4 Å². The first kappa shape index (κ1) is 33.1. The van der Waals surface area contributed by atoms with Gasteiger partial charge in [0.25, 0.3) is 0 Å². The number of aliphatic imine (C=N–C) groups is 1. The highest BCUT2D eigenvalue weighted by Gasteiger charge is 2.18. The zero-order valence-electron chi connectivity index (χ0n) is 30.6. The van der Waals surface area contributed by atoms with Crippen LogP contribution in [0.3, 0.4) is 0 Å². The molecule has 0 aliphatic rings. The second-order valence-corrected chi connectivity index (χ2v) is 14.0. The highest BCUT2D eigenvalue weighted by molar-refractivity contribution is 6.14. The van der Waals surface area contributed by atoms with E-state index >= 15 is 0 Å². The third-order valence-corrected chi connectivity index (χ3v) is 10.7. The summed E-state index contributed by atoms with van der Waals surface area (Å²) in [5.74, 6) is 0. The average Bonchev–Trinajstić information content (AvgIpc) is 3.81. The van der Waals surface area contributed by atoms with Gasteiger partial charge in [-0.05, 0) is 69.3 Å². The molecule has 10 aromatic rings. The molecule has 0 saturated carbocycles. The minimum Gasteiger partial charge on any atom is -0.455 e. The molecular weight excluding hydrogens is 681 g/mol. The van der Waals surface area contributed by atoms with Crippen molar-refractivity contribution in [2.75, 3.05) is 0 Å². The van der Waals surface area contributed by atoms with Gasteiger partial charge < -0.3 is 4.42 Å². The van der Waals surface area contributed by atoms with Gasteiger partial charge in [0, 0.05) is 32.7 Å². The van der Waals surface area contributed by atoms with E-state index in [0.717, 1.165) is 88.7 Å². The quantitative estimate of drug-likeness (QED) is 0.0875. The number of nitrogens with zero attached hydrogens (tertiary/aromatic N) is 2. The zero-order valence-corrected chi connectivity index (χ0v) is 30.6. The molecule has 0 saturated heterocycles. The molecule has 3 heteroatoms. The van der Waals surface area contributed by atoms with Crippen LogP contribution in [-0.4, -0.2) is 10.9 Å². The van der Waals surface area contributed by atoms with E-state index in [4.69, 9.17) is 9.41 Å². The van der Waals surface area contributed by atoms with Gasteiger partial charge in [0.15, 0.2) is 0 Å². The molecule has 0 spiro atoms. The van der Waals surface area contributed by atoms with Gasteiger partial charge in [-0.3, -0.25) is 4.57 Å². The third kappa shape index (κ3) is 5.83. The number of allylic oxidation sites excluding steroid dienone is 2. The highest BCUT2D eigenvalue weighted by atomic mass is 16.3. The fraction of sp³-hybridized carbons (Fsp3) is 0. The topological polar surface area (TPSA) is 30.4 Å². The van der Waals surface area contributed by atoms with E-state index in [1.807, 2.05) is 54.9 Å². The van der Waals surface area contributed by atoms with Crippen molar-refractivity contribution in [3.8, 4) is 33.4 Å². The Morgan fingerprint density at radius 2 is 1.02 bits per heavy atom. The van der Waals surface area contributed by atoms with Gasteiger partial charge in [-0.2, -0.15) is 0 Å². The molecule has 0 atom stereocenters. The van der Waals surface area contributed by atoms with Gasteiger partial charge >= 0.3 is 0 Å². The predicted octanol–water partition coefficient (Wildman–Crippen LogP) is 14.3. The van der Waals surface area contributed by atoms with Crippen molar-refractivity contribution in [3.05, 3.63) is 218 Å². The van der Waals surface area contributed by atoms with E-state index in [1.165, 1.54) is 10.8 Å². The van der Waals surface area contributed by atoms with Gasteiger partial charge in [-0.1, -0.05) is 176 Å². The van der Waals surface area contributed by atoms with Crippen LogP contribution >= 0.6 is 0 Å². The van der Waals surface area contributed by atoms with Crippen molar-refractivity contribution in [1.29, 1.82) is 0 Å². The molecule has 0 N–H and O–H groups in total. The van der Waals surface area contributed by atoms with Crippen molar-refractivity contribution >= 4 is 61.4 Å². The van der Waals surface area contributed by atoms with Crippen molar-refractivity contribution < 1.29 is 4.42 Å². The van der Waals surface area contributed by atoms with Gasteiger partial charge in [0.2, 0.25) is 0 Å². The van der Waals surface area contributed by atoms with Crippen LogP contribution in [0.5, 0.6) is 0 Å². The fourth-order valence-corrected chi connectivity index (χ4v) is 8.00. The summed E-state index contributed by atoms with van der Waals surface area (Å²) in [5, 5.41) is 4.59. The van der Waals surface area contributed by atoms with Crippen molar-refractivity contribution in [3.63, 3.8) is 0 Å². The van der Waals surface area contributed by atoms with Crippen molar-refractivity contribution in [2.45, 2.75) is 0 Å². The number of furan rings is 1. The van der Waals surface area contributed by atoms with Gasteiger partial charge in [-0.15, -0.1) is 0 Å². The summed E-state index contributed by atoms with van der Waals surface area (Å²) in [7, 11) is 0. The number of hydrogen-bond acceptors (Lipinski definition) is 2. The third-order valence-electron chi connectivity index (χ3n) is 10.7. The lowest BCUT2D eigenvalue weighted by Gasteiger charge is -2.15. The Kier molecular flexibility index (Phi) is 8.31. The minimum atomic E-state index is 0.841. The highest BCUT2D eigenvalue weighted by Crippen LogP contribution is 2.43. The van der Waals surface area contributed by atoms with Crippen molar-refractivity contribution in [1.82, 2.24) is 4.57 Å². The zero-order chi connectivity index (χ0) is 37.4. The second-order valence-electron chi connectivity index (χ2n) is 14.0. The molecule has 0 radical (unpaired) electrons. The van der Waals surface area contributed by atoms with E-state index in [-0.39, 0.29) is 0 Å². The number of benzene rings is 8. The lowest BCUT2D eigenvalue weighted by molar-refractivity contribution is 0.670. The second kappa shape index (κ2) is 14.1. The Balaban J connectivity index is 1.09. The van der Waals surface area contributed by atoms with E-state index in [2.05, 4.69) is 163 Å². The van der Waals surface area contributed by atoms with Gasteiger partial charge in [0.05, 0.1) is 16.7 Å². The molecule has 3 nitrogen and oxygen atoms in total. The lowest BCUT2D eigenvalue weighted by Crippen LogP contribution is -1.96. The Hall–Kier alpha value is -7.49. The van der Waals surface area contributed by atoms with Crippen LogP contribution in [0, 0.1) is 0 Å². The Bertz CT molecular complexity index is 3140. The number of para-hydroxylation sites is 3. The van der Waals surface area contributed by atoms with Crippen LogP contribution in [0.4, 0.5) is 0 Å². The SMILES string of the molecule is C=C(/C=C(\N=C\n1c2ccccc2c2cc(-c3ccccc3-c3ccccc3-c3cccc4c3oc3ccccc34)ccc21)c1ccccc1)c1ccccc1. The van der Waals surface area contributed by atoms with Crippen LogP contribution in [0.1, 0.15) is 11.1 Å². The largest absolute Gasteiger partial charge is 0.455 e. The van der Waals surface area contributed by atoms with Crippen molar-refractivity contribution in [2.24, 2.45) is 4.99 Å². The molecule has 2 heterocycles. The van der Waals surface area contributed by atoms with Gasteiger partial charge in [-0.25, -0.2) is 4.99 Å². The number of fused-ring (bicyclic) bond motifs is 6. The lowest BCUT2D eigenvalue weighted by atomic mass is 9.88. The number of rotatable bonds is 8. The smallest absolute Gasteiger partial charge is 0.143 e. The molecular formula is C53H36N2O. The molecule has 264 valence electrons. The normalized spacial score (nSPS) is 12.0. The van der Waals surface area contributed by atoms with E-state index < -0.39 is 0 Å². The summed E-state index contributed by atoms with van der Waals surface area (Å²) < 4.78 is 8.71. The molecule has 0 bridgehead atoms. The summed E-state index contributed by atoms with van der Waals surface area (Å²) in [5.41, 5.74) is 14.7. The average molecular weight is 717 g/mol. The summed E-state index contributed by atoms with van der Waals surface area (Å²) in [6.45, 7) is 4.39. The summed E-state index contributed by atoms with van der Waals surface area (Å²) >= 11 is 0. The number of aromatic nitrogens is 1. The minimum absolute atomic E-state index is 0.841. The van der Waals surface area contributed by atoms with Crippen LogP contribution < -0.4 is 0 Å². The van der Waals surface area contributed by atoms with E-state index in [1.54, 1.807) is 0 Å². The molecule has 10 rings (SSSR count). The maximum atomic E-state index is 6.51. The Labute approximate surface area is 325 Å². The molecule has 0 amide bonds. The fourth-order valence-electron chi connectivity index (χ4n) is 8.00. The first-order valence-corrected chi connectivity index (χ1v) is 18.9. The number of hydrogen-bond donors (Lipinski definition) is 0. The molecule has 0 aliphatic heterocycles. The maximum Gasteiger partial charge on any atom is 0.143 e. The van der Waals surface area contributed by atoms with E-state index in [0.29, 0.717) is 0 Å². The monoisotopic (exact) mass is 716 g/mol. The predicted molar refractivity (Wildman–Crippen MR) is 237 cm³/mol. The van der Waals surface area contributed by atoms with Crippen LogP contribution in [0.2, 0.25) is 0 Å². The molecule has 0 fully saturated rings. The Morgan fingerprint density at radius 1 is 0.464 bits per heavy atom. The molecule has 2 aromatic heterocycles. The van der Waals surface area contributed by atoms with Gasteiger partial charge in [0.1, 0.15) is 17.5 Å². The molecule has 56 heavy (non-hydrogen) atoms. The molecule has 0 aliphatic carbocycles. The maximum absolute atomic E-state index is 6.51. The summed E-state index contributed by atoms with van der Waals surface area (Å²) in [6.07, 6.45) is 4.01. The van der Waals surface area contributed by atoms with E-state index in [9.17, 15) is 0 Å².